The van der Waals surface area contributed by atoms with Gasteiger partial charge in [0, 0.05) is 56.6 Å². The van der Waals surface area contributed by atoms with E-state index in [2.05, 4.69) is 31.9 Å². The van der Waals surface area contributed by atoms with Crippen LogP contribution in [0.1, 0.15) is 0 Å². The average molecular weight is 430 g/mol. The monoisotopic (exact) mass is 429 g/mol. The van der Waals surface area contributed by atoms with Gasteiger partial charge in [-0.15, -0.1) is 0 Å². The minimum atomic E-state index is 0.0395. The van der Waals surface area contributed by atoms with Crippen molar-refractivity contribution in [3.63, 3.8) is 0 Å². The summed E-state index contributed by atoms with van der Waals surface area (Å²) < 4.78 is 5.24. The molecule has 0 spiro atoms. The van der Waals surface area contributed by atoms with Crippen molar-refractivity contribution in [3.8, 4) is 17.0 Å². The Hall–Kier alpha value is -3.61. The fourth-order valence-electron chi connectivity index (χ4n) is 4.34. The third kappa shape index (κ3) is 4.10. The summed E-state index contributed by atoms with van der Waals surface area (Å²) in [7, 11) is 1.67. The highest BCUT2D eigenvalue weighted by atomic mass is 16.5. The molecule has 5 rings (SSSR count). The van der Waals surface area contributed by atoms with Gasteiger partial charge < -0.3 is 19.4 Å². The second-order valence-electron chi connectivity index (χ2n) is 8.24. The van der Waals surface area contributed by atoms with Crippen molar-refractivity contribution >= 4 is 17.4 Å². The van der Waals surface area contributed by atoms with E-state index in [9.17, 15) is 4.79 Å². The second kappa shape index (κ2) is 8.86. The van der Waals surface area contributed by atoms with Crippen LogP contribution in [0.25, 0.3) is 11.3 Å². The molecular formula is C25H27N5O2. The van der Waals surface area contributed by atoms with E-state index in [0.29, 0.717) is 13.1 Å². The topological polar surface area (TPSA) is 61.8 Å². The molecule has 3 aromatic rings. The first-order valence-corrected chi connectivity index (χ1v) is 11.0. The number of ether oxygens (including phenoxy) is 1. The van der Waals surface area contributed by atoms with Crippen molar-refractivity contribution in [2.75, 3.05) is 56.2 Å². The lowest BCUT2D eigenvalue weighted by Crippen LogP contribution is -2.58. The summed E-state index contributed by atoms with van der Waals surface area (Å²) in [5.41, 5.74) is 3.14. The first kappa shape index (κ1) is 20.3. The summed E-state index contributed by atoms with van der Waals surface area (Å²) >= 11 is 0. The van der Waals surface area contributed by atoms with Gasteiger partial charge in [-0.25, -0.2) is 9.97 Å². The first-order chi connectivity index (χ1) is 15.7. The highest BCUT2D eigenvalue weighted by Gasteiger charge is 2.37. The van der Waals surface area contributed by atoms with Crippen LogP contribution in [0, 0.1) is 5.92 Å². The second-order valence-corrected chi connectivity index (χ2v) is 8.24. The maximum absolute atomic E-state index is 13.0. The zero-order valence-electron chi connectivity index (χ0n) is 18.2. The minimum Gasteiger partial charge on any atom is -0.497 e. The molecule has 7 nitrogen and oxygen atoms in total. The molecule has 2 saturated heterocycles. The van der Waals surface area contributed by atoms with Crippen molar-refractivity contribution < 1.29 is 9.53 Å². The van der Waals surface area contributed by atoms with Gasteiger partial charge in [-0.3, -0.25) is 4.79 Å². The van der Waals surface area contributed by atoms with Crippen molar-refractivity contribution in [2.45, 2.75) is 0 Å². The zero-order valence-corrected chi connectivity index (χ0v) is 18.2. The number of rotatable bonds is 5. The van der Waals surface area contributed by atoms with E-state index in [1.807, 2.05) is 53.4 Å². The standard InChI is InChI=1S/C25H27N5O2/c1-32-22-9-7-21(8-10-22)28-11-13-29(14-12-28)25(31)20-16-30(17-20)24-15-23(26-18-27-24)19-5-3-2-4-6-19/h2-10,15,18,20H,11-14,16-17H2,1H3. The summed E-state index contributed by atoms with van der Waals surface area (Å²) in [6, 6.07) is 20.2. The molecule has 1 amide bonds. The molecule has 2 aliphatic heterocycles. The number of amides is 1. The smallest absolute Gasteiger partial charge is 0.229 e. The van der Waals surface area contributed by atoms with Gasteiger partial charge in [-0.2, -0.15) is 0 Å². The molecule has 2 aromatic carbocycles. The van der Waals surface area contributed by atoms with Gasteiger partial charge >= 0.3 is 0 Å². The molecule has 3 heterocycles. The number of carbonyl (C=O) groups is 1. The van der Waals surface area contributed by atoms with Gasteiger partial charge in [-0.1, -0.05) is 30.3 Å². The molecule has 0 N–H and O–H groups in total. The van der Waals surface area contributed by atoms with Gasteiger partial charge in [0.05, 0.1) is 18.7 Å². The van der Waals surface area contributed by atoms with Gasteiger partial charge in [-0.05, 0) is 24.3 Å². The largest absolute Gasteiger partial charge is 0.497 e. The number of anilines is 2. The number of carbonyl (C=O) groups excluding carboxylic acids is 1. The van der Waals surface area contributed by atoms with Crippen LogP contribution >= 0.6 is 0 Å². The molecule has 7 heteroatoms. The molecule has 2 fully saturated rings. The third-order valence-corrected chi connectivity index (χ3v) is 6.31. The molecule has 32 heavy (non-hydrogen) atoms. The Morgan fingerprint density at radius 3 is 2.31 bits per heavy atom. The van der Waals surface area contributed by atoms with E-state index in [4.69, 9.17) is 4.74 Å². The van der Waals surface area contributed by atoms with E-state index in [1.165, 1.54) is 5.69 Å². The van der Waals surface area contributed by atoms with Gasteiger partial charge in [0.15, 0.2) is 0 Å². The van der Waals surface area contributed by atoms with E-state index in [0.717, 1.165) is 49.0 Å². The van der Waals surface area contributed by atoms with Crippen LogP contribution in [0.4, 0.5) is 11.5 Å². The fraction of sp³-hybridized carbons (Fsp3) is 0.320. The predicted molar refractivity (Wildman–Crippen MR) is 125 cm³/mol. The van der Waals surface area contributed by atoms with Crippen LogP contribution in [0.2, 0.25) is 0 Å². The summed E-state index contributed by atoms with van der Waals surface area (Å²) in [5, 5.41) is 0. The van der Waals surface area contributed by atoms with Gasteiger partial charge in [0.1, 0.15) is 17.9 Å². The van der Waals surface area contributed by atoms with E-state index in [1.54, 1.807) is 13.4 Å². The van der Waals surface area contributed by atoms with Crippen molar-refractivity contribution in [1.29, 1.82) is 0 Å². The Bertz CT molecular complexity index is 1060. The first-order valence-electron chi connectivity index (χ1n) is 11.0. The number of nitrogens with zero attached hydrogens (tertiary/aromatic N) is 5. The highest BCUT2D eigenvalue weighted by molar-refractivity contribution is 5.82. The Labute approximate surface area is 188 Å². The molecule has 164 valence electrons. The Morgan fingerprint density at radius 1 is 0.906 bits per heavy atom. The molecule has 0 atom stereocenters. The zero-order chi connectivity index (χ0) is 21.9. The van der Waals surface area contributed by atoms with E-state index >= 15 is 0 Å². The lowest BCUT2D eigenvalue weighted by atomic mass is 9.97. The Balaban J connectivity index is 1.14. The fourth-order valence-corrected chi connectivity index (χ4v) is 4.34. The predicted octanol–water partition coefficient (Wildman–Crippen LogP) is 2.94. The highest BCUT2D eigenvalue weighted by Crippen LogP contribution is 2.28. The molecular weight excluding hydrogens is 402 g/mol. The molecule has 1 aromatic heterocycles. The van der Waals surface area contributed by atoms with E-state index in [-0.39, 0.29) is 11.8 Å². The van der Waals surface area contributed by atoms with Crippen LogP contribution in [0.5, 0.6) is 5.75 Å². The maximum Gasteiger partial charge on any atom is 0.229 e. The van der Waals surface area contributed by atoms with Gasteiger partial charge in [0.25, 0.3) is 0 Å². The molecule has 0 unspecified atom stereocenters. The average Bonchev–Trinajstić information content (AvgIpc) is 2.84. The lowest BCUT2D eigenvalue weighted by molar-refractivity contribution is -0.136. The number of hydrogen-bond acceptors (Lipinski definition) is 6. The number of methoxy groups -OCH3 is 1. The van der Waals surface area contributed by atoms with Crippen molar-refractivity contribution in [2.24, 2.45) is 5.92 Å². The van der Waals surface area contributed by atoms with Crippen molar-refractivity contribution in [3.05, 3.63) is 67.0 Å². The van der Waals surface area contributed by atoms with Crippen LogP contribution < -0.4 is 14.5 Å². The summed E-state index contributed by atoms with van der Waals surface area (Å²) in [6.45, 7) is 4.63. The van der Waals surface area contributed by atoms with Crippen LogP contribution in [-0.2, 0) is 4.79 Å². The molecule has 0 bridgehead atoms. The van der Waals surface area contributed by atoms with Crippen molar-refractivity contribution in [1.82, 2.24) is 14.9 Å². The molecule has 2 aliphatic rings. The number of hydrogen-bond donors (Lipinski definition) is 0. The Morgan fingerprint density at radius 2 is 1.62 bits per heavy atom. The number of benzene rings is 2. The lowest BCUT2D eigenvalue weighted by Gasteiger charge is -2.43. The number of aromatic nitrogens is 2. The van der Waals surface area contributed by atoms with Crippen LogP contribution in [-0.4, -0.2) is 67.2 Å². The summed E-state index contributed by atoms with van der Waals surface area (Å²) in [5.74, 6) is 2.04. The minimum absolute atomic E-state index is 0.0395. The van der Waals surface area contributed by atoms with E-state index < -0.39 is 0 Å². The van der Waals surface area contributed by atoms with Gasteiger partial charge in [0.2, 0.25) is 5.91 Å². The quantitative estimate of drug-likeness (QED) is 0.622. The Kier molecular flexibility index (Phi) is 5.62. The summed E-state index contributed by atoms with van der Waals surface area (Å²) in [6.07, 6.45) is 1.60. The third-order valence-electron chi connectivity index (χ3n) is 6.31. The van der Waals surface area contributed by atoms with Crippen LogP contribution in [0.15, 0.2) is 67.0 Å². The molecule has 0 radical (unpaired) electrons. The van der Waals surface area contributed by atoms with Crippen LogP contribution in [0.3, 0.4) is 0 Å². The molecule has 0 aliphatic carbocycles. The summed E-state index contributed by atoms with van der Waals surface area (Å²) in [4.78, 5) is 28.3. The number of piperazine rings is 1. The SMILES string of the molecule is COc1ccc(N2CCN(C(=O)C3CN(c4cc(-c5ccccc5)ncn4)C3)CC2)cc1. The normalized spacial score (nSPS) is 16.6. The molecule has 0 saturated carbocycles. The maximum atomic E-state index is 13.0.